The molecular formula is C17H27BN2O4. The maximum atomic E-state index is 12.0. The molecule has 7 heteroatoms. The minimum absolute atomic E-state index is 0.236. The summed E-state index contributed by atoms with van der Waals surface area (Å²) >= 11 is 0. The highest BCUT2D eigenvalue weighted by atomic mass is 16.6. The lowest BCUT2D eigenvalue weighted by Crippen LogP contribution is -2.50. The monoisotopic (exact) mass is 334 g/mol. The van der Waals surface area contributed by atoms with Crippen LogP contribution in [0.25, 0.3) is 0 Å². The second-order valence-corrected chi connectivity index (χ2v) is 7.17. The second kappa shape index (κ2) is 8.01. The zero-order valence-corrected chi connectivity index (χ0v) is 14.7. The number of ether oxygens (including phenoxy) is 1. The fourth-order valence-corrected chi connectivity index (χ4v) is 2.62. The smallest absolute Gasteiger partial charge is 0.444 e. The number of piperazine rings is 1. The first-order valence-electron chi connectivity index (χ1n) is 8.40. The van der Waals surface area contributed by atoms with E-state index in [2.05, 4.69) is 4.90 Å². The maximum absolute atomic E-state index is 12.0. The zero-order chi connectivity index (χ0) is 17.7. The third-order valence-corrected chi connectivity index (χ3v) is 4.02. The van der Waals surface area contributed by atoms with E-state index in [1.165, 1.54) is 0 Å². The number of amides is 1. The van der Waals surface area contributed by atoms with Crippen molar-refractivity contribution >= 4 is 18.7 Å². The highest BCUT2D eigenvalue weighted by molar-refractivity contribution is 6.58. The molecule has 2 N–H and O–H groups in total. The first kappa shape index (κ1) is 18.8. The maximum Gasteiger partial charge on any atom is 0.488 e. The van der Waals surface area contributed by atoms with Gasteiger partial charge in [0.15, 0.2) is 0 Å². The van der Waals surface area contributed by atoms with Crippen LogP contribution in [0.15, 0.2) is 24.3 Å². The average Bonchev–Trinajstić information content (AvgIpc) is 2.52. The third kappa shape index (κ3) is 5.81. The Bertz CT molecular complexity index is 535. The molecule has 6 nitrogen and oxygen atoms in total. The molecule has 24 heavy (non-hydrogen) atoms. The molecule has 0 aliphatic carbocycles. The van der Waals surface area contributed by atoms with Crippen LogP contribution in [0.1, 0.15) is 26.3 Å². The summed E-state index contributed by atoms with van der Waals surface area (Å²) in [5, 5.41) is 18.2. The zero-order valence-electron chi connectivity index (χ0n) is 14.7. The third-order valence-electron chi connectivity index (χ3n) is 4.02. The lowest BCUT2D eigenvalue weighted by molar-refractivity contribution is 0.0146. The molecule has 1 fully saturated rings. The molecule has 1 saturated heterocycles. The molecule has 1 aromatic rings. The normalized spacial score (nSPS) is 16.1. The number of carbonyl (C=O) groups is 1. The lowest BCUT2D eigenvalue weighted by atomic mass is 9.80. The van der Waals surface area contributed by atoms with Gasteiger partial charge in [0, 0.05) is 32.7 Å². The number of rotatable bonds is 4. The van der Waals surface area contributed by atoms with Gasteiger partial charge in [-0.25, -0.2) is 4.79 Å². The number of nitrogens with zero attached hydrogens (tertiary/aromatic N) is 2. The van der Waals surface area contributed by atoms with E-state index in [4.69, 9.17) is 14.8 Å². The molecule has 1 aromatic carbocycles. The number of hydrogen-bond donors (Lipinski definition) is 2. The Morgan fingerprint density at radius 3 is 2.21 bits per heavy atom. The van der Waals surface area contributed by atoms with E-state index in [-0.39, 0.29) is 6.09 Å². The molecule has 0 aromatic heterocycles. The predicted molar refractivity (Wildman–Crippen MR) is 94.2 cm³/mol. The molecule has 0 radical (unpaired) electrons. The molecule has 0 unspecified atom stereocenters. The molecule has 1 aliphatic heterocycles. The molecule has 2 rings (SSSR count). The fourth-order valence-electron chi connectivity index (χ4n) is 2.62. The van der Waals surface area contributed by atoms with E-state index in [1.807, 2.05) is 32.9 Å². The van der Waals surface area contributed by atoms with Crippen LogP contribution in [0, 0.1) is 0 Å². The Labute approximate surface area is 144 Å². The lowest BCUT2D eigenvalue weighted by Gasteiger charge is -2.35. The van der Waals surface area contributed by atoms with Crippen molar-refractivity contribution in [2.45, 2.75) is 32.8 Å². The van der Waals surface area contributed by atoms with Crippen LogP contribution < -0.4 is 5.46 Å². The van der Waals surface area contributed by atoms with Crippen LogP contribution in [-0.4, -0.2) is 71.4 Å². The summed E-state index contributed by atoms with van der Waals surface area (Å²) in [6.45, 7) is 9.60. The topological polar surface area (TPSA) is 73.2 Å². The van der Waals surface area contributed by atoms with Crippen molar-refractivity contribution in [2.75, 3.05) is 32.7 Å². The Balaban J connectivity index is 1.74. The standard InChI is InChI=1S/C17H27BN2O4/c1-17(2,3)24-16(21)20-12-10-19(11-13-20)9-8-14-4-6-15(7-5-14)18(22)23/h4-7,22-23H,8-13H2,1-3H3. The number of benzene rings is 1. The molecule has 132 valence electrons. The molecule has 0 bridgehead atoms. The van der Waals surface area contributed by atoms with Gasteiger partial charge in [-0.3, -0.25) is 4.90 Å². The van der Waals surface area contributed by atoms with Crippen molar-refractivity contribution in [2.24, 2.45) is 0 Å². The van der Waals surface area contributed by atoms with Gasteiger partial charge in [-0.1, -0.05) is 24.3 Å². The van der Waals surface area contributed by atoms with Gasteiger partial charge in [0.2, 0.25) is 0 Å². The van der Waals surface area contributed by atoms with Gasteiger partial charge in [0.05, 0.1) is 0 Å². The van der Waals surface area contributed by atoms with Crippen LogP contribution >= 0.6 is 0 Å². The number of hydrogen-bond acceptors (Lipinski definition) is 5. The van der Waals surface area contributed by atoms with Crippen molar-refractivity contribution in [3.8, 4) is 0 Å². The van der Waals surface area contributed by atoms with Gasteiger partial charge >= 0.3 is 13.2 Å². The summed E-state index contributed by atoms with van der Waals surface area (Å²) in [6, 6.07) is 7.32. The van der Waals surface area contributed by atoms with Gasteiger partial charge in [-0.15, -0.1) is 0 Å². The first-order valence-corrected chi connectivity index (χ1v) is 8.40. The highest BCUT2D eigenvalue weighted by Crippen LogP contribution is 2.12. The highest BCUT2D eigenvalue weighted by Gasteiger charge is 2.25. The van der Waals surface area contributed by atoms with Crippen molar-refractivity contribution < 1.29 is 19.6 Å². The van der Waals surface area contributed by atoms with Crippen LogP contribution in [0.4, 0.5) is 4.79 Å². The minimum Gasteiger partial charge on any atom is -0.444 e. The molecule has 0 spiro atoms. The van der Waals surface area contributed by atoms with Crippen molar-refractivity contribution in [1.82, 2.24) is 9.80 Å². The summed E-state index contributed by atoms with van der Waals surface area (Å²) in [4.78, 5) is 16.1. The summed E-state index contributed by atoms with van der Waals surface area (Å²) in [5.41, 5.74) is 1.21. The van der Waals surface area contributed by atoms with E-state index in [0.29, 0.717) is 18.6 Å². The molecule has 1 heterocycles. The SMILES string of the molecule is CC(C)(C)OC(=O)N1CCN(CCc2ccc(B(O)O)cc2)CC1. The van der Waals surface area contributed by atoms with Crippen molar-refractivity contribution in [1.29, 1.82) is 0 Å². The van der Waals surface area contributed by atoms with Gasteiger partial charge in [0.25, 0.3) is 0 Å². The minimum atomic E-state index is -1.42. The Morgan fingerprint density at radius 1 is 1.12 bits per heavy atom. The van der Waals surface area contributed by atoms with Gasteiger partial charge in [0.1, 0.15) is 5.60 Å². The Morgan fingerprint density at radius 2 is 1.71 bits per heavy atom. The van der Waals surface area contributed by atoms with Crippen molar-refractivity contribution in [3.63, 3.8) is 0 Å². The molecule has 0 saturated carbocycles. The molecule has 1 aliphatic rings. The van der Waals surface area contributed by atoms with Crippen LogP contribution in [0.2, 0.25) is 0 Å². The fraction of sp³-hybridized carbons (Fsp3) is 0.588. The molecule has 1 amide bonds. The van der Waals surface area contributed by atoms with Crippen LogP contribution in [0.5, 0.6) is 0 Å². The summed E-state index contributed by atoms with van der Waals surface area (Å²) in [6.07, 6.45) is 0.661. The van der Waals surface area contributed by atoms with E-state index in [0.717, 1.165) is 31.6 Å². The van der Waals surface area contributed by atoms with E-state index in [1.54, 1.807) is 17.0 Å². The largest absolute Gasteiger partial charge is 0.488 e. The predicted octanol–water partition coefficient (Wildman–Crippen LogP) is 0.462. The van der Waals surface area contributed by atoms with Gasteiger partial charge in [-0.2, -0.15) is 0 Å². The molecule has 0 atom stereocenters. The summed E-state index contributed by atoms with van der Waals surface area (Å²) in [5.74, 6) is 0. The Kier molecular flexibility index (Phi) is 6.26. The Hall–Kier alpha value is -1.57. The van der Waals surface area contributed by atoms with Crippen LogP contribution in [0.3, 0.4) is 0 Å². The molecular weight excluding hydrogens is 307 g/mol. The van der Waals surface area contributed by atoms with Gasteiger partial charge in [-0.05, 0) is 38.2 Å². The van der Waals surface area contributed by atoms with E-state index in [9.17, 15) is 4.79 Å². The first-order chi connectivity index (χ1) is 11.2. The second-order valence-electron chi connectivity index (χ2n) is 7.17. The average molecular weight is 334 g/mol. The number of carbonyl (C=O) groups excluding carboxylic acids is 1. The van der Waals surface area contributed by atoms with E-state index < -0.39 is 12.7 Å². The summed E-state index contributed by atoms with van der Waals surface area (Å²) in [7, 11) is -1.42. The summed E-state index contributed by atoms with van der Waals surface area (Å²) < 4.78 is 5.40. The van der Waals surface area contributed by atoms with Crippen molar-refractivity contribution in [3.05, 3.63) is 29.8 Å². The quantitative estimate of drug-likeness (QED) is 0.783. The van der Waals surface area contributed by atoms with Crippen LogP contribution in [-0.2, 0) is 11.2 Å². The van der Waals surface area contributed by atoms with Gasteiger partial charge < -0.3 is 19.7 Å². The van der Waals surface area contributed by atoms with E-state index >= 15 is 0 Å².